The second-order valence-corrected chi connectivity index (χ2v) is 6.66. The van der Waals surface area contributed by atoms with Crippen LogP contribution in [-0.4, -0.2) is 36.7 Å². The predicted molar refractivity (Wildman–Crippen MR) is 77.8 cm³/mol. The Labute approximate surface area is 123 Å². The molecule has 0 aromatic heterocycles. The van der Waals surface area contributed by atoms with Gasteiger partial charge in [0, 0.05) is 17.2 Å². The lowest BCUT2D eigenvalue weighted by molar-refractivity contribution is -0.139. The van der Waals surface area contributed by atoms with E-state index in [-0.39, 0.29) is 17.9 Å². The maximum Gasteiger partial charge on any atom is 0.228 e. The van der Waals surface area contributed by atoms with Gasteiger partial charge in [0.1, 0.15) is 6.10 Å². The number of rotatable bonds is 3. The monoisotopic (exact) mass is 293 g/mol. The zero-order valence-corrected chi connectivity index (χ0v) is 12.5. The van der Waals surface area contributed by atoms with Gasteiger partial charge in [0.2, 0.25) is 5.91 Å². The van der Waals surface area contributed by atoms with Crippen LogP contribution in [0.4, 0.5) is 0 Å². The van der Waals surface area contributed by atoms with Crippen LogP contribution in [0, 0.1) is 0 Å². The largest absolute Gasteiger partial charge is 0.353 e. The fourth-order valence-corrected chi connectivity index (χ4v) is 3.81. The van der Waals surface area contributed by atoms with Gasteiger partial charge in [0.05, 0.1) is 12.5 Å². The second-order valence-electron chi connectivity index (χ2n) is 5.60. The van der Waals surface area contributed by atoms with Crippen LogP contribution in [0.2, 0.25) is 0 Å². The Morgan fingerprint density at radius 1 is 1.45 bits per heavy atom. The van der Waals surface area contributed by atoms with Crippen LogP contribution in [0.3, 0.4) is 0 Å². The maximum atomic E-state index is 12.3. The molecule has 1 saturated heterocycles. The lowest BCUT2D eigenvalue weighted by Crippen LogP contribution is -2.37. The van der Waals surface area contributed by atoms with Crippen LogP contribution >= 0.6 is 11.8 Å². The lowest BCUT2D eigenvalue weighted by Gasteiger charge is -2.18. The molecule has 4 nitrogen and oxygen atoms in total. The van der Waals surface area contributed by atoms with Crippen molar-refractivity contribution < 1.29 is 14.3 Å². The Hall–Kier alpha value is -1.04. The minimum absolute atomic E-state index is 0.0495. The van der Waals surface area contributed by atoms with Gasteiger partial charge in [0.25, 0.3) is 0 Å². The number of hydrogen-bond acceptors (Lipinski definition) is 4. The first-order valence-electron chi connectivity index (χ1n) is 6.86. The Bertz CT molecular complexity index is 518. The molecule has 2 unspecified atom stereocenters. The third-order valence-corrected chi connectivity index (χ3v) is 4.77. The number of hydrogen-bond donors (Lipinski definition) is 1. The molecule has 0 bridgehead atoms. The van der Waals surface area contributed by atoms with Gasteiger partial charge in [-0.15, -0.1) is 11.8 Å². The highest BCUT2D eigenvalue weighted by Crippen LogP contribution is 2.39. The number of carbonyl (C=O) groups excluding carboxylic acids is 1. The molecule has 2 heterocycles. The van der Waals surface area contributed by atoms with Crippen LogP contribution in [0.5, 0.6) is 0 Å². The summed E-state index contributed by atoms with van der Waals surface area (Å²) in [6.45, 7) is 4.81. The van der Waals surface area contributed by atoms with E-state index in [0.29, 0.717) is 13.2 Å². The van der Waals surface area contributed by atoms with Crippen molar-refractivity contribution >= 4 is 17.7 Å². The lowest BCUT2D eigenvalue weighted by atomic mass is 10.0. The van der Waals surface area contributed by atoms with E-state index in [2.05, 4.69) is 11.4 Å². The van der Waals surface area contributed by atoms with E-state index in [1.165, 1.54) is 4.90 Å². The summed E-state index contributed by atoms with van der Waals surface area (Å²) in [6, 6.07) is 8.11. The Balaban J connectivity index is 1.56. The van der Waals surface area contributed by atoms with Crippen LogP contribution in [-0.2, 0) is 14.3 Å². The minimum atomic E-state index is -0.537. The molecule has 1 fully saturated rings. The molecule has 2 aliphatic heterocycles. The normalized spacial score (nSPS) is 27.3. The van der Waals surface area contributed by atoms with E-state index in [4.69, 9.17) is 9.47 Å². The van der Waals surface area contributed by atoms with Gasteiger partial charge in [-0.05, 0) is 25.5 Å². The van der Waals surface area contributed by atoms with Crippen molar-refractivity contribution in [2.24, 2.45) is 0 Å². The Morgan fingerprint density at radius 2 is 2.25 bits per heavy atom. The molecule has 2 aliphatic rings. The second kappa shape index (κ2) is 5.39. The molecule has 1 N–H and O–H groups in total. The highest BCUT2D eigenvalue weighted by Gasteiger charge is 2.34. The number of thioether (sulfide) groups is 1. The molecule has 0 aliphatic carbocycles. The maximum absolute atomic E-state index is 12.3. The summed E-state index contributed by atoms with van der Waals surface area (Å²) in [4.78, 5) is 13.5. The average molecular weight is 293 g/mol. The van der Waals surface area contributed by atoms with Gasteiger partial charge in [-0.2, -0.15) is 0 Å². The summed E-state index contributed by atoms with van der Waals surface area (Å²) in [5, 5.41) is 2.99. The molecule has 1 aromatic rings. The molecule has 2 atom stereocenters. The number of fused-ring (bicyclic) bond motifs is 1. The van der Waals surface area contributed by atoms with Crippen molar-refractivity contribution in [1.29, 1.82) is 0 Å². The SMILES string of the molecule is CC1(C)OCC(CNC(=O)C2CSc3ccccc32)O1. The summed E-state index contributed by atoms with van der Waals surface area (Å²) in [5.41, 5.74) is 1.14. The van der Waals surface area contributed by atoms with Gasteiger partial charge in [-0.1, -0.05) is 18.2 Å². The van der Waals surface area contributed by atoms with Gasteiger partial charge in [-0.3, -0.25) is 4.79 Å². The summed E-state index contributed by atoms with van der Waals surface area (Å²) >= 11 is 1.75. The minimum Gasteiger partial charge on any atom is -0.353 e. The summed E-state index contributed by atoms with van der Waals surface area (Å²) < 4.78 is 11.2. The number of ether oxygens (including phenoxy) is 2. The Morgan fingerprint density at radius 3 is 3.00 bits per heavy atom. The van der Waals surface area contributed by atoms with Crippen molar-refractivity contribution in [2.45, 2.75) is 36.6 Å². The van der Waals surface area contributed by atoms with Crippen LogP contribution in [0.15, 0.2) is 29.2 Å². The zero-order chi connectivity index (χ0) is 14.2. The van der Waals surface area contributed by atoms with E-state index < -0.39 is 5.79 Å². The highest BCUT2D eigenvalue weighted by molar-refractivity contribution is 7.99. The van der Waals surface area contributed by atoms with Crippen molar-refractivity contribution in [1.82, 2.24) is 5.32 Å². The van der Waals surface area contributed by atoms with Crippen molar-refractivity contribution in [3.8, 4) is 0 Å². The Kier molecular flexibility index (Phi) is 3.75. The van der Waals surface area contributed by atoms with E-state index >= 15 is 0 Å². The third-order valence-electron chi connectivity index (χ3n) is 3.59. The van der Waals surface area contributed by atoms with Crippen molar-refractivity contribution in [3.63, 3.8) is 0 Å². The number of amides is 1. The number of carbonyl (C=O) groups is 1. The van der Waals surface area contributed by atoms with Gasteiger partial charge < -0.3 is 14.8 Å². The fraction of sp³-hybridized carbons (Fsp3) is 0.533. The van der Waals surface area contributed by atoms with Crippen molar-refractivity contribution in [3.05, 3.63) is 29.8 Å². The first-order chi connectivity index (χ1) is 9.55. The van der Waals surface area contributed by atoms with E-state index in [0.717, 1.165) is 11.3 Å². The third kappa shape index (κ3) is 2.85. The molecule has 108 valence electrons. The molecule has 20 heavy (non-hydrogen) atoms. The molecule has 0 radical (unpaired) electrons. The fourth-order valence-electron chi connectivity index (χ4n) is 2.58. The van der Waals surface area contributed by atoms with Crippen LogP contribution in [0.1, 0.15) is 25.3 Å². The molecular formula is C15H19NO3S. The van der Waals surface area contributed by atoms with E-state index in [1.54, 1.807) is 11.8 Å². The van der Waals surface area contributed by atoms with Gasteiger partial charge in [0.15, 0.2) is 5.79 Å². The van der Waals surface area contributed by atoms with Crippen LogP contribution in [0.25, 0.3) is 0 Å². The van der Waals surface area contributed by atoms with Crippen molar-refractivity contribution in [2.75, 3.05) is 18.9 Å². The first-order valence-corrected chi connectivity index (χ1v) is 7.85. The van der Waals surface area contributed by atoms with E-state index in [9.17, 15) is 4.79 Å². The average Bonchev–Trinajstić information content (AvgIpc) is 2.99. The van der Waals surface area contributed by atoms with Gasteiger partial charge in [-0.25, -0.2) is 0 Å². The molecule has 1 aromatic carbocycles. The quantitative estimate of drug-likeness (QED) is 0.927. The predicted octanol–water partition coefficient (Wildman–Crippen LogP) is 2.14. The smallest absolute Gasteiger partial charge is 0.228 e. The van der Waals surface area contributed by atoms with Gasteiger partial charge >= 0.3 is 0 Å². The number of nitrogens with one attached hydrogen (secondary N) is 1. The standard InChI is InChI=1S/C15H19NO3S/c1-15(2)18-8-10(19-15)7-16-14(17)12-9-20-13-6-4-3-5-11(12)13/h3-6,10,12H,7-9H2,1-2H3,(H,16,17). The summed E-state index contributed by atoms with van der Waals surface area (Å²) in [6.07, 6.45) is -0.0572. The summed E-state index contributed by atoms with van der Waals surface area (Å²) in [5.74, 6) is 0.312. The molecule has 0 saturated carbocycles. The molecule has 1 amide bonds. The first kappa shape index (κ1) is 13.9. The summed E-state index contributed by atoms with van der Waals surface area (Å²) in [7, 11) is 0. The van der Waals surface area contributed by atoms with Crippen LogP contribution < -0.4 is 5.32 Å². The topological polar surface area (TPSA) is 47.6 Å². The van der Waals surface area contributed by atoms with E-state index in [1.807, 2.05) is 32.0 Å². The molecule has 3 rings (SSSR count). The number of benzene rings is 1. The zero-order valence-electron chi connectivity index (χ0n) is 11.7. The molecule has 0 spiro atoms. The highest BCUT2D eigenvalue weighted by atomic mass is 32.2. The molecule has 5 heteroatoms. The molecular weight excluding hydrogens is 274 g/mol.